The number of nitrogens with one attached hydrogen (secondary N) is 2. The summed E-state index contributed by atoms with van der Waals surface area (Å²) in [5.74, 6) is -1.25. The minimum atomic E-state index is -1.45. The van der Waals surface area contributed by atoms with Crippen molar-refractivity contribution in [2.45, 2.75) is 45.3 Å². The molecule has 0 saturated heterocycles. The predicted octanol–water partition coefficient (Wildman–Crippen LogP) is 6.84. The minimum Gasteiger partial charge on any atom is -0.464 e. The normalized spacial score (nSPS) is 13.5. The summed E-state index contributed by atoms with van der Waals surface area (Å²) < 4.78 is 4.74. The summed E-state index contributed by atoms with van der Waals surface area (Å²) in [7, 11) is 0. The second kappa shape index (κ2) is 14.9. The Balaban J connectivity index is 1.50. The second-order valence-corrected chi connectivity index (χ2v) is 10.7. The quantitative estimate of drug-likeness (QED) is 0.218. The first kappa shape index (κ1) is 31.1. The molecular formula is C32H33Cl2N3O5. The number of ether oxygens (including phenoxy) is 1. The number of aliphatic hydroxyl groups is 1. The number of esters is 1. The van der Waals surface area contributed by atoms with Gasteiger partial charge < -0.3 is 20.5 Å². The molecule has 0 aromatic heterocycles. The molecular weight excluding hydrogens is 577 g/mol. The van der Waals surface area contributed by atoms with Gasteiger partial charge >= 0.3 is 12.0 Å². The second-order valence-electron chi connectivity index (χ2n) is 9.87. The molecule has 1 aliphatic rings. The molecule has 220 valence electrons. The molecule has 4 rings (SSSR count). The SMILES string of the molecule is CCOC(=O)C(O)CNC(=O)c1ccc(CN(C(=O)Nc2cc(Cl)cc(Cl)c2)c2ccc(C3=CCCCC3)cc2)cc1. The van der Waals surface area contributed by atoms with Gasteiger partial charge in [-0.15, -0.1) is 0 Å². The van der Waals surface area contributed by atoms with Gasteiger partial charge in [-0.25, -0.2) is 9.59 Å². The maximum atomic E-state index is 13.5. The van der Waals surface area contributed by atoms with Crippen LogP contribution in [0.3, 0.4) is 0 Å². The highest BCUT2D eigenvalue weighted by Crippen LogP contribution is 2.29. The maximum Gasteiger partial charge on any atom is 0.336 e. The molecule has 0 spiro atoms. The molecule has 0 fully saturated rings. The van der Waals surface area contributed by atoms with E-state index in [4.69, 9.17) is 27.9 Å². The van der Waals surface area contributed by atoms with Crippen LogP contribution < -0.4 is 15.5 Å². The monoisotopic (exact) mass is 609 g/mol. The summed E-state index contributed by atoms with van der Waals surface area (Å²) in [4.78, 5) is 39.3. The molecule has 0 heterocycles. The molecule has 3 N–H and O–H groups in total. The van der Waals surface area contributed by atoms with Crippen molar-refractivity contribution in [2.75, 3.05) is 23.4 Å². The van der Waals surface area contributed by atoms with E-state index in [0.29, 0.717) is 27.0 Å². The van der Waals surface area contributed by atoms with Gasteiger partial charge in [0.1, 0.15) is 0 Å². The minimum absolute atomic E-state index is 0.134. The van der Waals surface area contributed by atoms with Crippen LogP contribution in [0.15, 0.2) is 72.8 Å². The highest BCUT2D eigenvalue weighted by Gasteiger charge is 2.20. The van der Waals surface area contributed by atoms with Crippen LogP contribution in [-0.2, 0) is 16.1 Å². The summed E-state index contributed by atoms with van der Waals surface area (Å²) in [5, 5.41) is 16.0. The fourth-order valence-corrected chi connectivity index (χ4v) is 5.14. The number of rotatable bonds is 10. The molecule has 1 unspecified atom stereocenters. The van der Waals surface area contributed by atoms with Gasteiger partial charge in [-0.3, -0.25) is 9.69 Å². The molecule has 0 aliphatic heterocycles. The standard InChI is InChI=1S/C32H33Cl2N3O5/c1-2-42-31(40)29(38)19-35-30(39)24-10-8-21(9-11-24)20-37(32(41)36-27-17-25(33)16-26(34)18-27)28-14-12-23(13-15-28)22-6-4-3-5-7-22/h6,8-18,29,38H,2-5,7,19-20H2,1H3,(H,35,39)(H,36,41). The lowest BCUT2D eigenvalue weighted by Crippen LogP contribution is -2.37. The van der Waals surface area contributed by atoms with E-state index in [1.165, 1.54) is 18.4 Å². The van der Waals surface area contributed by atoms with Crippen LogP contribution >= 0.6 is 23.2 Å². The Morgan fingerprint density at radius 3 is 2.29 bits per heavy atom. The number of amides is 3. The Kier molecular flexibility index (Phi) is 11.0. The van der Waals surface area contributed by atoms with Crippen molar-refractivity contribution < 1.29 is 24.2 Å². The number of carbonyl (C=O) groups excluding carboxylic acids is 3. The molecule has 0 radical (unpaired) electrons. The first-order valence-electron chi connectivity index (χ1n) is 13.8. The van der Waals surface area contributed by atoms with Crippen molar-refractivity contribution in [3.8, 4) is 0 Å². The third kappa shape index (κ3) is 8.58. The number of carbonyl (C=O) groups is 3. The molecule has 0 saturated carbocycles. The van der Waals surface area contributed by atoms with E-state index >= 15 is 0 Å². The van der Waals surface area contributed by atoms with Crippen molar-refractivity contribution in [2.24, 2.45) is 0 Å². The van der Waals surface area contributed by atoms with Crippen molar-refractivity contribution in [3.05, 3.63) is 99.5 Å². The molecule has 1 atom stereocenters. The molecule has 10 heteroatoms. The van der Waals surface area contributed by atoms with Crippen LogP contribution in [-0.4, -0.2) is 42.3 Å². The Bertz CT molecular complexity index is 1420. The molecule has 0 bridgehead atoms. The maximum absolute atomic E-state index is 13.5. The third-order valence-electron chi connectivity index (χ3n) is 6.77. The highest BCUT2D eigenvalue weighted by molar-refractivity contribution is 6.35. The molecule has 8 nitrogen and oxygen atoms in total. The number of aliphatic hydroxyl groups excluding tert-OH is 1. The highest BCUT2D eigenvalue weighted by atomic mass is 35.5. The molecule has 42 heavy (non-hydrogen) atoms. The van der Waals surface area contributed by atoms with Crippen molar-refractivity contribution in [1.29, 1.82) is 0 Å². The Morgan fingerprint density at radius 2 is 1.67 bits per heavy atom. The zero-order valence-electron chi connectivity index (χ0n) is 23.2. The number of benzene rings is 3. The van der Waals surface area contributed by atoms with E-state index in [1.54, 1.807) is 54.3 Å². The summed E-state index contributed by atoms with van der Waals surface area (Å²) in [6, 6.07) is 19.1. The van der Waals surface area contributed by atoms with Crippen LogP contribution in [0.5, 0.6) is 0 Å². The summed E-state index contributed by atoms with van der Waals surface area (Å²) in [6.45, 7) is 1.71. The van der Waals surface area contributed by atoms with E-state index < -0.39 is 18.0 Å². The van der Waals surface area contributed by atoms with E-state index in [9.17, 15) is 19.5 Å². The Labute approximate surface area is 255 Å². The number of nitrogens with zero attached hydrogens (tertiary/aromatic N) is 1. The van der Waals surface area contributed by atoms with Gasteiger partial charge in [0.25, 0.3) is 5.91 Å². The Morgan fingerprint density at radius 1 is 0.976 bits per heavy atom. The number of anilines is 2. The van der Waals surface area contributed by atoms with Crippen molar-refractivity contribution in [1.82, 2.24) is 5.32 Å². The number of hydrogen-bond donors (Lipinski definition) is 3. The molecule has 3 aromatic rings. The summed E-state index contributed by atoms with van der Waals surface area (Å²) in [5.41, 5.74) is 4.73. The third-order valence-corrected chi connectivity index (χ3v) is 7.21. The van der Waals surface area contributed by atoms with Gasteiger partial charge in [0.2, 0.25) is 0 Å². The first-order chi connectivity index (χ1) is 20.2. The predicted molar refractivity (Wildman–Crippen MR) is 166 cm³/mol. The smallest absolute Gasteiger partial charge is 0.336 e. The van der Waals surface area contributed by atoms with E-state index in [1.807, 2.05) is 24.3 Å². The largest absolute Gasteiger partial charge is 0.464 e. The topological polar surface area (TPSA) is 108 Å². The Hall–Kier alpha value is -3.85. The van der Waals surface area contributed by atoms with Crippen LogP contribution in [0.1, 0.15) is 54.1 Å². The van der Waals surface area contributed by atoms with Gasteiger partial charge in [-0.2, -0.15) is 0 Å². The zero-order valence-corrected chi connectivity index (χ0v) is 24.8. The van der Waals surface area contributed by atoms with Gasteiger partial charge in [-0.05, 0) is 91.8 Å². The first-order valence-corrected chi connectivity index (χ1v) is 14.5. The summed E-state index contributed by atoms with van der Waals surface area (Å²) >= 11 is 12.3. The van der Waals surface area contributed by atoms with Crippen LogP contribution in [0.2, 0.25) is 10.0 Å². The zero-order chi connectivity index (χ0) is 30.1. The number of halogens is 2. The van der Waals surface area contributed by atoms with Gasteiger partial charge in [0.15, 0.2) is 6.10 Å². The van der Waals surface area contributed by atoms with Crippen LogP contribution in [0.25, 0.3) is 5.57 Å². The fourth-order valence-electron chi connectivity index (χ4n) is 4.61. The summed E-state index contributed by atoms with van der Waals surface area (Å²) in [6.07, 6.45) is 5.33. The van der Waals surface area contributed by atoms with Crippen LogP contribution in [0, 0.1) is 0 Å². The lowest BCUT2D eigenvalue weighted by atomic mass is 9.93. The van der Waals surface area contributed by atoms with Crippen molar-refractivity contribution >= 4 is 58.1 Å². The van der Waals surface area contributed by atoms with E-state index in [-0.39, 0.29) is 25.7 Å². The average Bonchev–Trinajstić information content (AvgIpc) is 2.99. The molecule has 3 amide bonds. The van der Waals surface area contributed by atoms with E-state index in [2.05, 4.69) is 16.7 Å². The van der Waals surface area contributed by atoms with Gasteiger partial charge in [0.05, 0.1) is 19.7 Å². The van der Waals surface area contributed by atoms with E-state index in [0.717, 1.165) is 24.0 Å². The number of allylic oxidation sites excluding steroid dienone is 2. The number of urea groups is 1. The lowest BCUT2D eigenvalue weighted by molar-refractivity contribution is -0.152. The molecule has 3 aromatic carbocycles. The lowest BCUT2D eigenvalue weighted by Gasteiger charge is -2.24. The van der Waals surface area contributed by atoms with Crippen molar-refractivity contribution in [3.63, 3.8) is 0 Å². The molecule has 1 aliphatic carbocycles. The van der Waals surface area contributed by atoms with Gasteiger partial charge in [-0.1, -0.05) is 53.5 Å². The number of hydrogen-bond acceptors (Lipinski definition) is 5. The van der Waals surface area contributed by atoms with Crippen LogP contribution in [0.4, 0.5) is 16.2 Å². The fraction of sp³-hybridized carbons (Fsp3) is 0.281. The average molecular weight is 611 g/mol. The van der Waals surface area contributed by atoms with Gasteiger partial charge in [0, 0.05) is 27.0 Å².